The van der Waals surface area contributed by atoms with Gasteiger partial charge in [-0.05, 0) is 5.92 Å². The van der Waals surface area contributed by atoms with Crippen molar-refractivity contribution in [3.8, 4) is 0 Å². The van der Waals surface area contributed by atoms with Crippen molar-refractivity contribution in [2.75, 3.05) is 7.11 Å². The lowest BCUT2D eigenvalue weighted by atomic mass is 10.0. The van der Waals surface area contributed by atoms with Crippen molar-refractivity contribution in [2.24, 2.45) is 5.92 Å². The highest BCUT2D eigenvalue weighted by molar-refractivity contribution is 5.56. The Bertz CT molecular complexity index is 81.0. The maximum atomic E-state index is 10.2. The summed E-state index contributed by atoms with van der Waals surface area (Å²) < 4.78 is 4.88. The van der Waals surface area contributed by atoms with Gasteiger partial charge in [-0.2, -0.15) is 0 Å². The van der Waals surface area contributed by atoms with Crippen LogP contribution in [0.25, 0.3) is 0 Å². The Morgan fingerprint density at radius 3 is 2.33 bits per heavy atom. The average Bonchev–Trinajstić information content (AvgIpc) is 1.90. The van der Waals surface area contributed by atoms with Crippen molar-refractivity contribution in [2.45, 2.75) is 26.4 Å². The van der Waals surface area contributed by atoms with Crippen molar-refractivity contribution in [3.63, 3.8) is 0 Å². The van der Waals surface area contributed by atoms with Crippen LogP contribution in [0.1, 0.15) is 20.3 Å². The van der Waals surface area contributed by atoms with Crippen LogP contribution in [-0.2, 0) is 9.53 Å². The largest absolute Gasteiger partial charge is 0.374 e. The van der Waals surface area contributed by atoms with E-state index in [2.05, 4.69) is 0 Å². The first-order valence-corrected chi connectivity index (χ1v) is 3.24. The number of rotatable bonds is 4. The minimum absolute atomic E-state index is 0.213. The highest BCUT2D eigenvalue weighted by Crippen LogP contribution is 2.07. The van der Waals surface area contributed by atoms with Crippen molar-refractivity contribution in [3.05, 3.63) is 0 Å². The second kappa shape index (κ2) is 4.50. The fourth-order valence-corrected chi connectivity index (χ4v) is 0.654. The van der Waals surface area contributed by atoms with Crippen LogP contribution in [0.3, 0.4) is 0 Å². The topological polar surface area (TPSA) is 26.3 Å². The van der Waals surface area contributed by atoms with Gasteiger partial charge in [-0.25, -0.2) is 0 Å². The van der Waals surface area contributed by atoms with E-state index in [1.807, 2.05) is 13.8 Å². The number of hydrogen-bond donors (Lipinski definition) is 0. The molecule has 0 spiro atoms. The third kappa shape index (κ3) is 2.61. The molecule has 0 radical (unpaired) electrons. The van der Waals surface area contributed by atoms with Crippen LogP contribution in [0.5, 0.6) is 0 Å². The minimum atomic E-state index is -0.213. The SMILES string of the molecule is CC[C@H](C)[C@@H](C=O)OC. The fraction of sp³-hybridized carbons (Fsp3) is 0.857. The molecule has 0 aromatic carbocycles. The fourth-order valence-electron chi connectivity index (χ4n) is 0.654. The van der Waals surface area contributed by atoms with E-state index in [4.69, 9.17) is 4.74 Å². The van der Waals surface area contributed by atoms with Crippen molar-refractivity contribution in [1.82, 2.24) is 0 Å². The molecule has 2 nitrogen and oxygen atoms in total. The molecule has 0 aromatic rings. The zero-order chi connectivity index (χ0) is 7.28. The van der Waals surface area contributed by atoms with Crippen LogP contribution in [0, 0.1) is 5.92 Å². The number of methoxy groups -OCH3 is 1. The molecule has 0 unspecified atom stereocenters. The maximum Gasteiger partial charge on any atom is 0.149 e. The molecule has 0 N–H and O–H groups in total. The van der Waals surface area contributed by atoms with E-state index in [9.17, 15) is 4.79 Å². The summed E-state index contributed by atoms with van der Waals surface area (Å²) >= 11 is 0. The molecule has 0 saturated carbocycles. The Balaban J connectivity index is 3.63. The van der Waals surface area contributed by atoms with Gasteiger partial charge in [-0.15, -0.1) is 0 Å². The molecule has 0 saturated heterocycles. The Hall–Kier alpha value is -0.370. The van der Waals surface area contributed by atoms with Gasteiger partial charge in [0.05, 0.1) is 0 Å². The Labute approximate surface area is 56.2 Å². The first kappa shape index (κ1) is 8.63. The first-order valence-electron chi connectivity index (χ1n) is 3.24. The summed E-state index contributed by atoms with van der Waals surface area (Å²) in [5.41, 5.74) is 0. The summed E-state index contributed by atoms with van der Waals surface area (Å²) in [7, 11) is 1.56. The first-order chi connectivity index (χ1) is 4.26. The maximum absolute atomic E-state index is 10.2. The average molecular weight is 130 g/mol. The molecular weight excluding hydrogens is 116 g/mol. The quantitative estimate of drug-likeness (QED) is 0.535. The summed E-state index contributed by atoms with van der Waals surface area (Å²) in [4.78, 5) is 10.2. The van der Waals surface area contributed by atoms with Gasteiger partial charge in [0.25, 0.3) is 0 Å². The summed E-state index contributed by atoms with van der Waals surface area (Å²) in [6.07, 6.45) is 1.63. The monoisotopic (exact) mass is 130 g/mol. The molecule has 0 amide bonds. The summed E-state index contributed by atoms with van der Waals surface area (Å²) in [5.74, 6) is 0.340. The van der Waals surface area contributed by atoms with Gasteiger partial charge in [0.2, 0.25) is 0 Å². The third-order valence-electron chi connectivity index (χ3n) is 1.61. The summed E-state index contributed by atoms with van der Waals surface area (Å²) in [5, 5.41) is 0. The predicted octanol–water partition coefficient (Wildman–Crippen LogP) is 1.25. The molecule has 0 heterocycles. The molecule has 0 aliphatic rings. The number of aldehydes is 1. The van der Waals surface area contributed by atoms with E-state index in [1.165, 1.54) is 0 Å². The smallest absolute Gasteiger partial charge is 0.149 e. The molecule has 0 fully saturated rings. The van der Waals surface area contributed by atoms with Crippen LogP contribution >= 0.6 is 0 Å². The minimum Gasteiger partial charge on any atom is -0.374 e. The zero-order valence-corrected chi connectivity index (χ0v) is 6.26. The summed E-state index contributed by atoms with van der Waals surface area (Å²) in [6.45, 7) is 4.04. The molecular formula is C7H14O2. The Kier molecular flexibility index (Phi) is 4.32. The Morgan fingerprint density at radius 1 is 1.67 bits per heavy atom. The highest BCUT2D eigenvalue weighted by Gasteiger charge is 2.12. The predicted molar refractivity (Wildman–Crippen MR) is 36.3 cm³/mol. The van der Waals surface area contributed by atoms with E-state index in [1.54, 1.807) is 7.11 Å². The van der Waals surface area contributed by atoms with E-state index in [0.29, 0.717) is 5.92 Å². The lowest BCUT2D eigenvalue weighted by molar-refractivity contribution is -0.118. The number of carbonyl (C=O) groups is 1. The lowest BCUT2D eigenvalue weighted by Crippen LogP contribution is -2.20. The van der Waals surface area contributed by atoms with Crippen LogP contribution in [0.2, 0.25) is 0 Å². The molecule has 9 heavy (non-hydrogen) atoms. The second-order valence-corrected chi connectivity index (χ2v) is 2.22. The molecule has 0 aliphatic carbocycles. The van der Waals surface area contributed by atoms with Gasteiger partial charge in [0.15, 0.2) is 0 Å². The van der Waals surface area contributed by atoms with Crippen molar-refractivity contribution >= 4 is 6.29 Å². The van der Waals surface area contributed by atoms with Gasteiger partial charge in [-0.1, -0.05) is 20.3 Å². The highest BCUT2D eigenvalue weighted by atomic mass is 16.5. The summed E-state index contributed by atoms with van der Waals surface area (Å²) in [6, 6.07) is 0. The standard InChI is InChI=1S/C7H14O2/c1-4-6(2)7(5-8)9-3/h5-7H,4H2,1-3H3/t6-,7+/m0/s1. The van der Waals surface area contributed by atoms with E-state index >= 15 is 0 Å². The zero-order valence-electron chi connectivity index (χ0n) is 6.26. The molecule has 0 rings (SSSR count). The number of hydrogen-bond acceptors (Lipinski definition) is 2. The molecule has 0 aromatic heterocycles. The van der Waals surface area contributed by atoms with E-state index < -0.39 is 0 Å². The van der Waals surface area contributed by atoms with Gasteiger partial charge in [0.1, 0.15) is 12.4 Å². The van der Waals surface area contributed by atoms with Crippen LogP contribution < -0.4 is 0 Å². The van der Waals surface area contributed by atoms with E-state index in [-0.39, 0.29) is 6.10 Å². The van der Waals surface area contributed by atoms with Gasteiger partial charge in [0, 0.05) is 7.11 Å². The third-order valence-corrected chi connectivity index (χ3v) is 1.61. The Morgan fingerprint density at radius 2 is 2.22 bits per heavy atom. The van der Waals surface area contributed by atoms with Gasteiger partial charge in [-0.3, -0.25) is 0 Å². The molecule has 54 valence electrons. The number of carbonyl (C=O) groups excluding carboxylic acids is 1. The van der Waals surface area contributed by atoms with Crippen molar-refractivity contribution in [1.29, 1.82) is 0 Å². The van der Waals surface area contributed by atoms with Crippen LogP contribution in [0.15, 0.2) is 0 Å². The molecule has 2 atom stereocenters. The van der Waals surface area contributed by atoms with Crippen molar-refractivity contribution < 1.29 is 9.53 Å². The van der Waals surface area contributed by atoms with Gasteiger partial charge >= 0.3 is 0 Å². The second-order valence-electron chi connectivity index (χ2n) is 2.22. The lowest BCUT2D eigenvalue weighted by Gasteiger charge is -2.13. The van der Waals surface area contributed by atoms with Crippen LogP contribution in [0.4, 0.5) is 0 Å². The van der Waals surface area contributed by atoms with Gasteiger partial charge < -0.3 is 9.53 Å². The van der Waals surface area contributed by atoms with E-state index in [0.717, 1.165) is 12.7 Å². The van der Waals surface area contributed by atoms with Crippen LogP contribution in [-0.4, -0.2) is 19.5 Å². The molecule has 0 bridgehead atoms. The normalized spacial score (nSPS) is 16.8. The molecule has 2 heteroatoms. The molecule has 0 aliphatic heterocycles. The number of ether oxygens (including phenoxy) is 1.